The minimum atomic E-state index is -5.24. The lowest BCUT2D eigenvalue weighted by atomic mass is 10.0. The van der Waals surface area contributed by atoms with E-state index in [0.29, 0.717) is 0 Å². The first-order valence-electron chi connectivity index (χ1n) is 6.32. The normalized spacial score (nSPS) is 15.9. The Hall–Kier alpha value is -0.660. The smallest absolute Gasteiger partial charge is 0.369 e. The Balaban J connectivity index is 6.01. The lowest BCUT2D eigenvalue weighted by Crippen LogP contribution is -2.53. The maximum absolute atomic E-state index is 12.1. The fourth-order valence-electron chi connectivity index (χ4n) is 1.73. The van der Waals surface area contributed by atoms with Crippen LogP contribution < -0.4 is 0 Å². The molecule has 0 fully saturated rings. The highest BCUT2D eigenvalue weighted by Crippen LogP contribution is 2.56. The minimum absolute atomic E-state index is 0.0432. The van der Waals surface area contributed by atoms with Gasteiger partial charge in [0.2, 0.25) is 0 Å². The summed E-state index contributed by atoms with van der Waals surface area (Å²) in [6.07, 6.45) is 0. The van der Waals surface area contributed by atoms with Crippen molar-refractivity contribution in [2.75, 3.05) is 25.7 Å². The summed E-state index contributed by atoms with van der Waals surface area (Å²) in [7, 11) is -5.24. The fourth-order valence-corrected chi connectivity index (χ4v) is 3.39. The summed E-state index contributed by atoms with van der Waals surface area (Å²) in [4.78, 5) is 43.2. The van der Waals surface area contributed by atoms with Crippen molar-refractivity contribution >= 4 is 31.1 Å². The molecule has 0 aromatic heterocycles. The Kier molecular flexibility index (Phi) is 8.43. The monoisotopic (exact) mass is 346 g/mol. The fraction of sp³-hybridized carbons (Fsp3) is 0.818. The molecule has 0 bridgehead atoms. The summed E-state index contributed by atoms with van der Waals surface area (Å²) in [6, 6.07) is 0. The molecule has 0 saturated heterocycles. The Morgan fingerprint density at radius 3 is 2.00 bits per heavy atom. The van der Waals surface area contributed by atoms with E-state index >= 15 is 0 Å². The lowest BCUT2D eigenvalue weighted by molar-refractivity contribution is -0.177. The molecule has 0 radical (unpaired) electrons. The van der Waals surface area contributed by atoms with Crippen LogP contribution in [0.3, 0.4) is 0 Å². The second-order valence-corrected chi connectivity index (χ2v) is 5.91. The van der Waals surface area contributed by atoms with E-state index in [1.165, 1.54) is 20.8 Å². The Morgan fingerprint density at radius 2 is 1.67 bits per heavy atom. The molecule has 0 rings (SSSR count). The van der Waals surface area contributed by atoms with Gasteiger partial charge in [-0.15, -0.1) is 11.6 Å². The van der Waals surface area contributed by atoms with Crippen molar-refractivity contribution in [3.8, 4) is 0 Å². The maximum atomic E-state index is 12.1. The highest BCUT2D eigenvalue weighted by molar-refractivity contribution is 7.54. The van der Waals surface area contributed by atoms with Gasteiger partial charge in [0, 0.05) is 12.5 Å². The van der Waals surface area contributed by atoms with E-state index in [-0.39, 0.29) is 19.8 Å². The molecule has 0 aromatic carbocycles. The average Bonchev–Trinajstić information content (AvgIpc) is 2.37. The number of ether oxygens (including phenoxy) is 3. The van der Waals surface area contributed by atoms with Gasteiger partial charge in [-0.25, -0.2) is 4.79 Å². The number of carbonyl (C=O) groups excluding carboxylic acids is 2. The number of hydrogen-bond donors (Lipinski definition) is 2. The molecule has 0 aliphatic carbocycles. The molecule has 0 aromatic rings. The zero-order valence-electron chi connectivity index (χ0n) is 12.1. The van der Waals surface area contributed by atoms with Crippen LogP contribution in [-0.4, -0.2) is 52.8 Å². The molecule has 10 heteroatoms. The molecule has 124 valence electrons. The van der Waals surface area contributed by atoms with Gasteiger partial charge in [0.1, 0.15) is 5.92 Å². The van der Waals surface area contributed by atoms with Crippen LogP contribution in [0.2, 0.25) is 0 Å². The third-order valence-electron chi connectivity index (χ3n) is 2.56. The molecule has 0 saturated carbocycles. The number of esters is 2. The van der Waals surface area contributed by atoms with Gasteiger partial charge in [-0.1, -0.05) is 0 Å². The van der Waals surface area contributed by atoms with Gasteiger partial charge in [0.05, 0.1) is 13.2 Å². The highest BCUT2D eigenvalue weighted by Gasteiger charge is 2.64. The molecular formula is C11H20ClO8P. The largest absolute Gasteiger partial charge is 0.466 e. The molecule has 2 atom stereocenters. The lowest BCUT2D eigenvalue weighted by Gasteiger charge is -2.35. The summed E-state index contributed by atoms with van der Waals surface area (Å²) in [5, 5.41) is -2.81. The molecule has 0 aliphatic rings. The Bertz CT molecular complexity index is 409. The van der Waals surface area contributed by atoms with Gasteiger partial charge in [-0.05, 0) is 20.8 Å². The molecule has 8 nitrogen and oxygen atoms in total. The van der Waals surface area contributed by atoms with Gasteiger partial charge < -0.3 is 24.0 Å². The van der Waals surface area contributed by atoms with E-state index in [0.717, 1.165) is 0 Å². The quantitative estimate of drug-likeness (QED) is 0.358. The number of carbonyl (C=O) groups is 2. The van der Waals surface area contributed by atoms with E-state index in [1.54, 1.807) is 0 Å². The zero-order chi connectivity index (χ0) is 16.7. The van der Waals surface area contributed by atoms with E-state index in [4.69, 9.17) is 21.1 Å². The first-order valence-corrected chi connectivity index (χ1v) is 8.46. The first kappa shape index (κ1) is 20.3. The number of alkyl halides is 1. The van der Waals surface area contributed by atoms with Gasteiger partial charge >= 0.3 is 19.5 Å². The summed E-state index contributed by atoms with van der Waals surface area (Å²) < 4.78 is 26.3. The van der Waals surface area contributed by atoms with Crippen LogP contribution in [0.1, 0.15) is 20.8 Å². The van der Waals surface area contributed by atoms with Crippen molar-refractivity contribution in [2.45, 2.75) is 26.1 Å². The maximum Gasteiger partial charge on any atom is 0.369 e. The van der Waals surface area contributed by atoms with Crippen LogP contribution in [0.4, 0.5) is 0 Å². The molecular weight excluding hydrogens is 327 g/mol. The standard InChI is InChI=1S/C11H20ClO8P/c1-4-18-9(13)8(7-12)11(20-6-3,21(15,16)17)10(14)19-5-2/h8H,4-7H2,1-3H3,(H2,15,16,17). The molecule has 0 spiro atoms. The van der Waals surface area contributed by atoms with Crippen LogP contribution >= 0.6 is 19.2 Å². The van der Waals surface area contributed by atoms with Gasteiger partial charge in [-0.3, -0.25) is 9.36 Å². The summed E-state index contributed by atoms with van der Waals surface area (Å²) in [5.41, 5.74) is 0. The summed E-state index contributed by atoms with van der Waals surface area (Å²) in [5.74, 6) is -4.67. The molecule has 2 N–H and O–H groups in total. The van der Waals surface area contributed by atoms with E-state index in [1.807, 2.05) is 0 Å². The van der Waals surface area contributed by atoms with Crippen LogP contribution in [-0.2, 0) is 28.4 Å². The highest BCUT2D eigenvalue weighted by atomic mass is 35.5. The van der Waals surface area contributed by atoms with Crippen molar-refractivity contribution in [1.82, 2.24) is 0 Å². The van der Waals surface area contributed by atoms with Gasteiger partial charge in [-0.2, -0.15) is 0 Å². The van der Waals surface area contributed by atoms with Crippen LogP contribution in [0, 0.1) is 5.92 Å². The molecule has 0 aliphatic heterocycles. The second kappa shape index (κ2) is 8.70. The van der Waals surface area contributed by atoms with E-state index in [2.05, 4.69) is 4.74 Å². The van der Waals surface area contributed by atoms with E-state index in [9.17, 15) is 23.9 Å². The summed E-state index contributed by atoms with van der Waals surface area (Å²) in [6.45, 7) is 3.95. The minimum Gasteiger partial charge on any atom is -0.466 e. The number of halogens is 1. The van der Waals surface area contributed by atoms with Crippen LogP contribution in [0.5, 0.6) is 0 Å². The number of rotatable bonds is 9. The summed E-state index contributed by atoms with van der Waals surface area (Å²) >= 11 is 5.64. The van der Waals surface area contributed by atoms with Gasteiger partial charge in [0.15, 0.2) is 0 Å². The SMILES string of the molecule is CCOC(=O)C(CCl)C(OCC)(C(=O)OCC)P(=O)(O)O. The van der Waals surface area contributed by atoms with Crippen molar-refractivity contribution in [1.29, 1.82) is 0 Å². The third kappa shape index (κ3) is 4.40. The third-order valence-corrected chi connectivity index (χ3v) is 4.36. The van der Waals surface area contributed by atoms with Crippen LogP contribution in [0.15, 0.2) is 0 Å². The molecule has 0 heterocycles. The van der Waals surface area contributed by atoms with Crippen LogP contribution in [0.25, 0.3) is 0 Å². The zero-order valence-corrected chi connectivity index (χ0v) is 13.7. The van der Waals surface area contributed by atoms with Crippen molar-refractivity contribution < 1.29 is 38.2 Å². The molecule has 21 heavy (non-hydrogen) atoms. The van der Waals surface area contributed by atoms with Crippen molar-refractivity contribution in [2.24, 2.45) is 5.92 Å². The predicted octanol–water partition coefficient (Wildman–Crippen LogP) is 0.878. The van der Waals surface area contributed by atoms with Crippen molar-refractivity contribution in [3.63, 3.8) is 0 Å². The second-order valence-electron chi connectivity index (χ2n) is 3.85. The number of hydrogen-bond acceptors (Lipinski definition) is 6. The van der Waals surface area contributed by atoms with Crippen molar-refractivity contribution in [3.05, 3.63) is 0 Å². The average molecular weight is 347 g/mol. The van der Waals surface area contributed by atoms with E-state index < -0.39 is 36.7 Å². The molecule has 0 amide bonds. The van der Waals surface area contributed by atoms with Gasteiger partial charge in [0.25, 0.3) is 5.34 Å². The Labute approximate surface area is 127 Å². The Morgan fingerprint density at radius 1 is 1.14 bits per heavy atom. The topological polar surface area (TPSA) is 119 Å². The molecule has 2 unspecified atom stereocenters. The predicted molar refractivity (Wildman–Crippen MR) is 73.9 cm³/mol. The first-order chi connectivity index (χ1) is 9.72.